The Bertz CT molecular complexity index is 900. The van der Waals surface area contributed by atoms with E-state index in [2.05, 4.69) is 25.8 Å². The summed E-state index contributed by atoms with van der Waals surface area (Å²) in [5.74, 6) is 0. The van der Waals surface area contributed by atoms with Gasteiger partial charge in [-0.05, 0) is 49.3 Å². The number of nitrogens with one attached hydrogen (secondary N) is 2. The lowest BCUT2D eigenvalue weighted by molar-refractivity contribution is 1.05. The van der Waals surface area contributed by atoms with Gasteiger partial charge in [0.2, 0.25) is 0 Å². The lowest BCUT2D eigenvalue weighted by Gasteiger charge is -2.12. The van der Waals surface area contributed by atoms with Gasteiger partial charge in [-0.3, -0.25) is 10.4 Å². The van der Waals surface area contributed by atoms with Gasteiger partial charge in [-0.2, -0.15) is 5.10 Å². The maximum atomic E-state index is 5.28. The molecule has 0 aliphatic carbocycles. The molecule has 0 spiro atoms. The van der Waals surface area contributed by atoms with Crippen LogP contribution >= 0.6 is 12.2 Å². The lowest BCUT2D eigenvalue weighted by Crippen LogP contribution is -2.24. The molecule has 0 radical (unpaired) electrons. The van der Waals surface area contributed by atoms with Crippen LogP contribution in [0.3, 0.4) is 0 Å². The zero-order valence-electron chi connectivity index (χ0n) is 13.4. The fourth-order valence-electron chi connectivity index (χ4n) is 2.34. The van der Waals surface area contributed by atoms with Crippen LogP contribution in [0.15, 0.2) is 53.8 Å². The predicted molar refractivity (Wildman–Crippen MR) is 102 cm³/mol. The molecule has 0 saturated heterocycles. The highest BCUT2D eigenvalue weighted by Crippen LogP contribution is 2.19. The molecule has 0 aliphatic rings. The van der Waals surface area contributed by atoms with Crippen LogP contribution in [-0.4, -0.2) is 21.3 Å². The average molecular weight is 335 g/mol. The second kappa shape index (κ2) is 7.14. The quantitative estimate of drug-likeness (QED) is 0.435. The molecule has 6 heteroatoms. The van der Waals surface area contributed by atoms with Crippen molar-refractivity contribution < 1.29 is 0 Å². The Morgan fingerprint density at radius 3 is 2.50 bits per heavy atom. The van der Waals surface area contributed by atoms with Crippen LogP contribution < -0.4 is 10.7 Å². The van der Waals surface area contributed by atoms with E-state index in [1.54, 1.807) is 12.4 Å². The molecular weight excluding hydrogens is 318 g/mol. The van der Waals surface area contributed by atoms with Gasteiger partial charge in [0.25, 0.3) is 0 Å². The van der Waals surface area contributed by atoms with Gasteiger partial charge in [-0.1, -0.05) is 30.3 Å². The van der Waals surface area contributed by atoms with E-state index in [1.165, 1.54) is 0 Å². The van der Waals surface area contributed by atoms with Gasteiger partial charge < -0.3 is 5.32 Å². The fraction of sp³-hybridized carbons (Fsp3) is 0.111. The van der Waals surface area contributed by atoms with Crippen LogP contribution in [-0.2, 0) is 0 Å². The Kier molecular flexibility index (Phi) is 4.77. The Morgan fingerprint density at radius 1 is 1.04 bits per heavy atom. The number of fused-ring (bicyclic) bond motifs is 1. The molecule has 3 rings (SSSR count). The molecule has 0 unspecified atom stereocenters. The van der Waals surface area contributed by atoms with Gasteiger partial charge in [-0.25, -0.2) is 4.98 Å². The summed E-state index contributed by atoms with van der Waals surface area (Å²) in [5.41, 5.74) is 8.41. The topological polar surface area (TPSA) is 62.2 Å². The molecule has 0 aliphatic heterocycles. The zero-order valence-corrected chi connectivity index (χ0v) is 14.3. The number of anilines is 1. The minimum Gasteiger partial charge on any atom is -0.331 e. The highest BCUT2D eigenvalue weighted by atomic mass is 32.1. The van der Waals surface area contributed by atoms with Crippen molar-refractivity contribution in [2.24, 2.45) is 5.10 Å². The van der Waals surface area contributed by atoms with E-state index in [0.29, 0.717) is 10.8 Å². The number of hydrazone groups is 1. The van der Waals surface area contributed by atoms with Crippen molar-refractivity contribution in [1.29, 1.82) is 0 Å². The fourth-order valence-corrected chi connectivity index (χ4v) is 2.50. The van der Waals surface area contributed by atoms with Gasteiger partial charge in [0.1, 0.15) is 5.69 Å². The molecule has 24 heavy (non-hydrogen) atoms. The summed E-state index contributed by atoms with van der Waals surface area (Å²) >= 11 is 5.28. The van der Waals surface area contributed by atoms with Crippen molar-refractivity contribution in [1.82, 2.24) is 15.4 Å². The molecule has 2 N–H and O–H groups in total. The highest BCUT2D eigenvalue weighted by Gasteiger charge is 2.03. The third-order valence-electron chi connectivity index (χ3n) is 3.55. The maximum absolute atomic E-state index is 5.28. The molecule has 0 fully saturated rings. The number of hydrogen-bond donors (Lipinski definition) is 2. The standard InChI is InChI=1S/C18H17N5S/c1-12-6-5-7-13(2)17(12)22-18(24)23-20-11-14-10-19-15-8-3-4-9-16(15)21-14/h3-11H,1-2H3,(H2,22,23,24)/b20-11-. The normalized spacial score (nSPS) is 10.9. The van der Waals surface area contributed by atoms with Crippen molar-refractivity contribution in [2.45, 2.75) is 13.8 Å². The SMILES string of the molecule is Cc1cccc(C)c1NC(=S)N/N=C\c1cnc2ccccc2n1. The number of aryl methyl sites for hydroxylation is 2. The van der Waals surface area contributed by atoms with E-state index in [0.717, 1.165) is 27.8 Å². The molecule has 2 aromatic carbocycles. The highest BCUT2D eigenvalue weighted by molar-refractivity contribution is 7.80. The van der Waals surface area contributed by atoms with Crippen LogP contribution in [0.4, 0.5) is 5.69 Å². The Labute approximate surface area is 145 Å². The zero-order chi connectivity index (χ0) is 16.9. The number of benzene rings is 2. The molecule has 0 saturated carbocycles. The van der Waals surface area contributed by atoms with E-state index >= 15 is 0 Å². The first-order chi connectivity index (χ1) is 11.6. The van der Waals surface area contributed by atoms with Crippen LogP contribution in [0.2, 0.25) is 0 Å². The van der Waals surface area contributed by atoms with Crippen molar-refractivity contribution in [3.8, 4) is 0 Å². The number of nitrogens with zero attached hydrogens (tertiary/aromatic N) is 3. The molecule has 0 amide bonds. The van der Waals surface area contributed by atoms with Crippen molar-refractivity contribution in [3.63, 3.8) is 0 Å². The summed E-state index contributed by atoms with van der Waals surface area (Å²) in [5, 5.41) is 7.72. The van der Waals surface area contributed by atoms with Crippen LogP contribution in [0.5, 0.6) is 0 Å². The molecule has 0 atom stereocenters. The first-order valence-electron chi connectivity index (χ1n) is 7.51. The summed E-state index contributed by atoms with van der Waals surface area (Å²) in [4.78, 5) is 8.81. The second-order valence-corrected chi connectivity index (χ2v) is 5.78. The summed E-state index contributed by atoms with van der Waals surface area (Å²) < 4.78 is 0. The van der Waals surface area contributed by atoms with E-state index in [1.807, 2.05) is 56.3 Å². The Morgan fingerprint density at radius 2 is 1.75 bits per heavy atom. The Hall–Kier alpha value is -2.86. The van der Waals surface area contributed by atoms with E-state index in [-0.39, 0.29) is 0 Å². The van der Waals surface area contributed by atoms with E-state index in [4.69, 9.17) is 12.2 Å². The van der Waals surface area contributed by atoms with Gasteiger partial charge in [0.15, 0.2) is 5.11 Å². The molecule has 3 aromatic rings. The largest absolute Gasteiger partial charge is 0.331 e. The predicted octanol–water partition coefficient (Wildman–Crippen LogP) is 3.57. The number of hydrogen-bond acceptors (Lipinski definition) is 4. The van der Waals surface area contributed by atoms with Gasteiger partial charge in [-0.15, -0.1) is 0 Å². The Balaban J connectivity index is 1.65. The summed E-state index contributed by atoms with van der Waals surface area (Å²) in [7, 11) is 0. The van der Waals surface area contributed by atoms with Gasteiger partial charge >= 0.3 is 0 Å². The van der Waals surface area contributed by atoms with Crippen molar-refractivity contribution in [2.75, 3.05) is 5.32 Å². The lowest BCUT2D eigenvalue weighted by atomic mass is 10.1. The molecule has 120 valence electrons. The smallest absolute Gasteiger partial charge is 0.191 e. The van der Waals surface area contributed by atoms with Crippen molar-refractivity contribution >= 4 is 40.3 Å². The summed E-state index contributed by atoms with van der Waals surface area (Å²) in [6.07, 6.45) is 3.27. The molecular formula is C18H17N5S. The third kappa shape index (κ3) is 3.72. The third-order valence-corrected chi connectivity index (χ3v) is 3.74. The minimum absolute atomic E-state index is 0.428. The van der Waals surface area contributed by atoms with Crippen molar-refractivity contribution in [3.05, 3.63) is 65.5 Å². The summed E-state index contributed by atoms with van der Waals surface area (Å²) in [6.45, 7) is 4.07. The molecule has 1 aromatic heterocycles. The van der Waals surface area contributed by atoms with E-state index < -0.39 is 0 Å². The first-order valence-corrected chi connectivity index (χ1v) is 7.92. The van der Waals surface area contributed by atoms with Crippen LogP contribution in [0.1, 0.15) is 16.8 Å². The first kappa shape index (κ1) is 16.0. The average Bonchev–Trinajstić information content (AvgIpc) is 2.58. The maximum Gasteiger partial charge on any atom is 0.191 e. The monoisotopic (exact) mass is 335 g/mol. The second-order valence-electron chi connectivity index (χ2n) is 5.37. The minimum atomic E-state index is 0.428. The number of thiocarbonyl (C=S) groups is 1. The summed E-state index contributed by atoms with van der Waals surface area (Å²) in [6, 6.07) is 13.8. The molecule has 1 heterocycles. The van der Waals surface area contributed by atoms with Gasteiger partial charge in [0.05, 0.1) is 23.4 Å². The molecule has 0 bridgehead atoms. The van der Waals surface area contributed by atoms with Gasteiger partial charge in [0, 0.05) is 5.69 Å². The van der Waals surface area contributed by atoms with Crippen LogP contribution in [0.25, 0.3) is 11.0 Å². The molecule has 5 nitrogen and oxygen atoms in total. The number of aromatic nitrogens is 2. The number of rotatable bonds is 3. The van der Waals surface area contributed by atoms with Crippen LogP contribution in [0, 0.1) is 13.8 Å². The number of para-hydroxylation sites is 3. The van der Waals surface area contributed by atoms with E-state index in [9.17, 15) is 0 Å².